The summed E-state index contributed by atoms with van der Waals surface area (Å²) in [6.45, 7) is 2.43. The number of nitrogens with one attached hydrogen (secondary N) is 1. The zero-order chi connectivity index (χ0) is 22.0. The van der Waals surface area contributed by atoms with Gasteiger partial charge in [-0.15, -0.1) is 0 Å². The van der Waals surface area contributed by atoms with Crippen molar-refractivity contribution in [2.75, 3.05) is 36.4 Å². The minimum absolute atomic E-state index is 0.0500. The van der Waals surface area contributed by atoms with Crippen molar-refractivity contribution in [3.05, 3.63) is 47.4 Å². The summed E-state index contributed by atoms with van der Waals surface area (Å²) in [6.07, 6.45) is 4.80. The molecule has 1 aromatic heterocycles. The first-order valence-electron chi connectivity index (χ1n) is 10.3. The summed E-state index contributed by atoms with van der Waals surface area (Å²) in [5, 5.41) is 2.64. The number of hydrogen-bond donors (Lipinski definition) is 1. The van der Waals surface area contributed by atoms with Crippen LogP contribution in [0.4, 0.5) is 15.9 Å². The van der Waals surface area contributed by atoms with Crippen molar-refractivity contribution in [3.63, 3.8) is 0 Å². The van der Waals surface area contributed by atoms with E-state index in [1.807, 2.05) is 12.1 Å². The van der Waals surface area contributed by atoms with E-state index in [4.69, 9.17) is 11.6 Å². The summed E-state index contributed by atoms with van der Waals surface area (Å²) >= 11 is 5.73. The molecule has 166 valence electrons. The van der Waals surface area contributed by atoms with Crippen LogP contribution in [0.5, 0.6) is 0 Å². The Labute approximate surface area is 186 Å². The molecule has 2 aromatic rings. The molecular formula is C21H24ClFN4O3S. The number of hydrogen-bond acceptors (Lipinski definition) is 5. The predicted octanol–water partition coefficient (Wildman–Crippen LogP) is 3.51. The van der Waals surface area contributed by atoms with Crippen molar-refractivity contribution < 1.29 is 17.6 Å². The molecule has 3 heterocycles. The Morgan fingerprint density at radius 1 is 1.10 bits per heavy atom. The van der Waals surface area contributed by atoms with Gasteiger partial charge in [0.25, 0.3) is 0 Å². The Hall–Kier alpha value is -2.23. The van der Waals surface area contributed by atoms with Crippen LogP contribution >= 0.6 is 11.6 Å². The van der Waals surface area contributed by atoms with Gasteiger partial charge in [0.15, 0.2) is 0 Å². The number of piperidine rings is 1. The van der Waals surface area contributed by atoms with Gasteiger partial charge in [0.05, 0.1) is 21.8 Å². The maximum Gasteiger partial charge on any atom is 0.243 e. The van der Waals surface area contributed by atoms with E-state index >= 15 is 0 Å². The van der Waals surface area contributed by atoms with Crippen LogP contribution in [0.2, 0.25) is 5.02 Å². The number of rotatable bonds is 5. The summed E-state index contributed by atoms with van der Waals surface area (Å²) < 4.78 is 40.3. The SMILES string of the molecule is O=C(Nc1ccc(N2CCCC2)nc1)C1CCN(S(=O)(=O)c2ccc(F)c(Cl)c2)CC1. The molecule has 0 atom stereocenters. The zero-order valence-corrected chi connectivity index (χ0v) is 18.5. The van der Waals surface area contributed by atoms with Gasteiger partial charge in [-0.3, -0.25) is 4.79 Å². The molecule has 4 rings (SSSR count). The van der Waals surface area contributed by atoms with Gasteiger partial charge in [-0.2, -0.15) is 4.31 Å². The fraction of sp³-hybridized carbons (Fsp3) is 0.429. The predicted molar refractivity (Wildman–Crippen MR) is 117 cm³/mol. The smallest absolute Gasteiger partial charge is 0.243 e. The number of nitrogens with zero attached hydrogens (tertiary/aromatic N) is 3. The van der Waals surface area contributed by atoms with Crippen LogP contribution in [-0.2, 0) is 14.8 Å². The number of amides is 1. The van der Waals surface area contributed by atoms with Crippen molar-refractivity contribution in [2.45, 2.75) is 30.6 Å². The first-order valence-corrected chi connectivity index (χ1v) is 12.1. The molecule has 10 heteroatoms. The van der Waals surface area contributed by atoms with E-state index in [9.17, 15) is 17.6 Å². The van der Waals surface area contributed by atoms with Crippen molar-refractivity contribution in [2.24, 2.45) is 5.92 Å². The monoisotopic (exact) mass is 466 g/mol. The zero-order valence-electron chi connectivity index (χ0n) is 16.9. The largest absolute Gasteiger partial charge is 0.357 e. The van der Waals surface area contributed by atoms with Gasteiger partial charge in [0.1, 0.15) is 11.6 Å². The van der Waals surface area contributed by atoms with Gasteiger partial charge >= 0.3 is 0 Å². The fourth-order valence-corrected chi connectivity index (χ4v) is 5.72. The maximum atomic E-state index is 13.4. The minimum Gasteiger partial charge on any atom is -0.357 e. The third kappa shape index (κ3) is 4.83. The summed E-state index contributed by atoms with van der Waals surface area (Å²) in [5.41, 5.74) is 0.629. The number of carbonyl (C=O) groups excluding carboxylic acids is 1. The second kappa shape index (κ2) is 9.10. The lowest BCUT2D eigenvalue weighted by Gasteiger charge is -2.30. The van der Waals surface area contributed by atoms with Crippen molar-refractivity contribution >= 4 is 39.0 Å². The highest BCUT2D eigenvalue weighted by Crippen LogP contribution is 2.27. The summed E-state index contributed by atoms with van der Waals surface area (Å²) in [6, 6.07) is 7.11. The summed E-state index contributed by atoms with van der Waals surface area (Å²) in [7, 11) is -3.79. The van der Waals surface area contributed by atoms with Gasteiger partial charge in [0, 0.05) is 32.1 Å². The van der Waals surface area contributed by atoms with Crippen LogP contribution in [-0.4, -0.2) is 49.8 Å². The van der Waals surface area contributed by atoms with Gasteiger partial charge in [-0.1, -0.05) is 11.6 Å². The van der Waals surface area contributed by atoms with E-state index in [0.29, 0.717) is 18.5 Å². The van der Waals surface area contributed by atoms with Crippen LogP contribution in [0.1, 0.15) is 25.7 Å². The van der Waals surface area contributed by atoms with Crippen LogP contribution < -0.4 is 10.2 Å². The number of anilines is 2. The molecule has 0 saturated carbocycles. The molecule has 0 unspecified atom stereocenters. The lowest BCUT2D eigenvalue weighted by Crippen LogP contribution is -2.41. The molecule has 7 nitrogen and oxygen atoms in total. The van der Waals surface area contributed by atoms with Crippen LogP contribution in [0, 0.1) is 11.7 Å². The van der Waals surface area contributed by atoms with Gasteiger partial charge in [-0.25, -0.2) is 17.8 Å². The molecule has 2 aliphatic heterocycles. The Balaban J connectivity index is 1.33. The van der Waals surface area contributed by atoms with E-state index in [1.54, 1.807) is 6.20 Å². The van der Waals surface area contributed by atoms with Crippen LogP contribution in [0.15, 0.2) is 41.4 Å². The highest BCUT2D eigenvalue weighted by molar-refractivity contribution is 7.89. The molecule has 2 fully saturated rings. The second-order valence-electron chi connectivity index (χ2n) is 7.84. The lowest BCUT2D eigenvalue weighted by molar-refractivity contribution is -0.120. The first kappa shape index (κ1) is 22.0. The summed E-state index contributed by atoms with van der Waals surface area (Å²) in [5.74, 6) is -0.187. The minimum atomic E-state index is -3.79. The molecule has 2 aliphatic rings. The standard InChI is InChI=1S/C21H24ClFN4O3S/c22-18-13-17(4-5-19(18)23)31(29,30)27-11-7-15(8-12-27)21(28)25-16-3-6-20(24-14-16)26-9-1-2-10-26/h3-6,13-15H,1-2,7-12H2,(H,25,28). The highest BCUT2D eigenvalue weighted by Gasteiger charge is 2.32. The Kier molecular flexibility index (Phi) is 6.45. The third-order valence-corrected chi connectivity index (χ3v) is 7.98. The van der Waals surface area contributed by atoms with Gasteiger partial charge < -0.3 is 10.2 Å². The topological polar surface area (TPSA) is 82.6 Å². The Bertz CT molecular complexity index is 1050. The quantitative estimate of drug-likeness (QED) is 0.729. The number of halogens is 2. The molecule has 1 N–H and O–H groups in total. The average Bonchev–Trinajstić information content (AvgIpc) is 3.31. The maximum absolute atomic E-state index is 13.4. The van der Waals surface area contributed by atoms with Crippen molar-refractivity contribution in [3.8, 4) is 0 Å². The number of sulfonamides is 1. The number of pyridine rings is 1. The normalized spacial score (nSPS) is 18.3. The summed E-state index contributed by atoms with van der Waals surface area (Å²) in [4.78, 5) is 19.2. The van der Waals surface area contributed by atoms with Crippen molar-refractivity contribution in [1.82, 2.24) is 9.29 Å². The van der Waals surface area contributed by atoms with E-state index in [-0.39, 0.29) is 34.8 Å². The number of carbonyl (C=O) groups is 1. The molecule has 1 amide bonds. The van der Waals surface area contributed by atoms with E-state index in [0.717, 1.165) is 31.0 Å². The first-order chi connectivity index (χ1) is 14.8. The van der Waals surface area contributed by atoms with Crippen LogP contribution in [0.3, 0.4) is 0 Å². The van der Waals surface area contributed by atoms with Crippen molar-refractivity contribution in [1.29, 1.82) is 0 Å². The second-order valence-corrected chi connectivity index (χ2v) is 10.2. The van der Waals surface area contributed by atoms with Gasteiger partial charge in [-0.05, 0) is 56.0 Å². The molecule has 0 spiro atoms. The number of aromatic nitrogens is 1. The van der Waals surface area contributed by atoms with Gasteiger partial charge in [0.2, 0.25) is 15.9 Å². The average molecular weight is 467 g/mol. The third-order valence-electron chi connectivity index (χ3n) is 5.80. The molecule has 2 saturated heterocycles. The molecule has 0 radical (unpaired) electrons. The Morgan fingerprint density at radius 3 is 2.42 bits per heavy atom. The van der Waals surface area contributed by atoms with E-state index in [1.165, 1.54) is 23.2 Å². The molecule has 1 aromatic carbocycles. The molecule has 0 bridgehead atoms. The van der Waals surface area contributed by atoms with Crippen LogP contribution in [0.25, 0.3) is 0 Å². The Morgan fingerprint density at radius 2 is 1.81 bits per heavy atom. The van der Waals surface area contributed by atoms with E-state index in [2.05, 4.69) is 15.2 Å². The molecule has 0 aliphatic carbocycles. The van der Waals surface area contributed by atoms with E-state index < -0.39 is 15.8 Å². The number of benzene rings is 1. The fourth-order valence-electron chi connectivity index (χ4n) is 3.98. The lowest BCUT2D eigenvalue weighted by atomic mass is 9.97. The molecular weight excluding hydrogens is 443 g/mol. The molecule has 31 heavy (non-hydrogen) atoms. The highest BCUT2D eigenvalue weighted by atomic mass is 35.5.